The number of nitrogens with two attached hydrogens (primary N) is 1. The average molecular weight is 265 g/mol. The fourth-order valence-corrected chi connectivity index (χ4v) is 1.98. The van der Waals surface area contributed by atoms with E-state index >= 15 is 0 Å². The summed E-state index contributed by atoms with van der Waals surface area (Å²) in [6.45, 7) is 2.79. The first-order valence-electron chi connectivity index (χ1n) is 6.27. The standard InChI is InChI=1S/C12H19N5O2/c1-8-5-3-4-6-9(8)7-19-12-15-10(17-13)14-11(16-12)18-2/h3-4,8-9H,5-7,13H2,1-2H3,(H,14,15,16,17). The number of nitrogens with one attached hydrogen (secondary N) is 1. The van der Waals surface area contributed by atoms with Gasteiger partial charge in [-0.2, -0.15) is 9.97 Å². The average Bonchev–Trinajstić information content (AvgIpc) is 2.46. The van der Waals surface area contributed by atoms with Gasteiger partial charge in [0.1, 0.15) is 0 Å². The number of rotatable bonds is 5. The minimum absolute atomic E-state index is 0.175. The van der Waals surface area contributed by atoms with Crippen LogP contribution in [0.1, 0.15) is 19.8 Å². The fraction of sp³-hybridized carbons (Fsp3) is 0.583. The maximum atomic E-state index is 5.63. The van der Waals surface area contributed by atoms with E-state index < -0.39 is 0 Å². The third-order valence-corrected chi connectivity index (χ3v) is 3.25. The van der Waals surface area contributed by atoms with Crippen molar-refractivity contribution in [1.29, 1.82) is 0 Å². The van der Waals surface area contributed by atoms with Crippen LogP contribution in [0.4, 0.5) is 5.95 Å². The number of anilines is 1. The molecule has 0 spiro atoms. The van der Waals surface area contributed by atoms with Crippen molar-refractivity contribution in [2.24, 2.45) is 17.7 Å². The predicted octanol–water partition coefficient (Wildman–Crippen LogP) is 1.15. The third kappa shape index (κ3) is 3.54. The van der Waals surface area contributed by atoms with Gasteiger partial charge in [0.15, 0.2) is 0 Å². The summed E-state index contributed by atoms with van der Waals surface area (Å²) >= 11 is 0. The molecule has 7 heteroatoms. The van der Waals surface area contributed by atoms with Crippen LogP contribution in [0.5, 0.6) is 12.0 Å². The van der Waals surface area contributed by atoms with E-state index in [-0.39, 0.29) is 18.0 Å². The molecule has 0 fully saturated rings. The molecule has 104 valence electrons. The molecule has 0 aromatic carbocycles. The molecule has 0 saturated heterocycles. The van der Waals surface area contributed by atoms with E-state index in [1.54, 1.807) is 0 Å². The largest absolute Gasteiger partial charge is 0.467 e. The Morgan fingerprint density at radius 2 is 2.00 bits per heavy atom. The lowest BCUT2D eigenvalue weighted by Crippen LogP contribution is -2.22. The summed E-state index contributed by atoms with van der Waals surface area (Å²) in [6.07, 6.45) is 6.51. The second-order valence-electron chi connectivity index (χ2n) is 4.56. The minimum Gasteiger partial charge on any atom is -0.467 e. The van der Waals surface area contributed by atoms with Crippen LogP contribution in [0.3, 0.4) is 0 Å². The topological polar surface area (TPSA) is 95.2 Å². The molecule has 1 aromatic rings. The summed E-state index contributed by atoms with van der Waals surface area (Å²) in [5.74, 6) is 6.57. The van der Waals surface area contributed by atoms with E-state index in [0.29, 0.717) is 18.4 Å². The van der Waals surface area contributed by atoms with Crippen LogP contribution >= 0.6 is 0 Å². The smallest absolute Gasteiger partial charge is 0.324 e. The number of allylic oxidation sites excluding steroid dienone is 2. The zero-order valence-electron chi connectivity index (χ0n) is 11.2. The van der Waals surface area contributed by atoms with Gasteiger partial charge in [-0.3, -0.25) is 5.43 Å². The molecule has 1 aliphatic carbocycles. The molecule has 2 rings (SSSR count). The molecule has 1 aliphatic rings. The van der Waals surface area contributed by atoms with Gasteiger partial charge in [0.05, 0.1) is 13.7 Å². The van der Waals surface area contributed by atoms with E-state index in [0.717, 1.165) is 12.8 Å². The Bertz CT molecular complexity index is 429. The Hall–Kier alpha value is -1.89. The Kier molecular flexibility index (Phi) is 4.51. The lowest BCUT2D eigenvalue weighted by molar-refractivity contribution is 0.184. The Balaban J connectivity index is 2.00. The van der Waals surface area contributed by atoms with Gasteiger partial charge < -0.3 is 9.47 Å². The fourth-order valence-electron chi connectivity index (χ4n) is 1.98. The monoisotopic (exact) mass is 265 g/mol. The number of ether oxygens (including phenoxy) is 2. The predicted molar refractivity (Wildman–Crippen MR) is 70.7 cm³/mol. The van der Waals surface area contributed by atoms with E-state index in [1.165, 1.54) is 7.11 Å². The Morgan fingerprint density at radius 1 is 1.26 bits per heavy atom. The SMILES string of the molecule is COc1nc(NN)nc(OCC2CC=CCC2C)n1. The molecule has 2 atom stereocenters. The number of nitrogens with zero attached hydrogens (tertiary/aromatic N) is 3. The zero-order valence-corrected chi connectivity index (χ0v) is 11.2. The van der Waals surface area contributed by atoms with Crippen LogP contribution in [0, 0.1) is 11.8 Å². The van der Waals surface area contributed by atoms with E-state index in [1.807, 2.05) is 0 Å². The number of methoxy groups -OCH3 is 1. The second kappa shape index (κ2) is 6.33. The summed E-state index contributed by atoms with van der Waals surface area (Å²) in [5, 5.41) is 0. The van der Waals surface area contributed by atoms with Crippen molar-refractivity contribution in [3.8, 4) is 12.0 Å². The molecule has 19 heavy (non-hydrogen) atoms. The van der Waals surface area contributed by atoms with E-state index in [4.69, 9.17) is 15.3 Å². The molecule has 3 N–H and O–H groups in total. The molecule has 0 aliphatic heterocycles. The highest BCUT2D eigenvalue weighted by atomic mass is 16.5. The van der Waals surface area contributed by atoms with Crippen LogP contribution in [0.15, 0.2) is 12.2 Å². The third-order valence-electron chi connectivity index (χ3n) is 3.25. The van der Waals surface area contributed by atoms with Crippen molar-refractivity contribution in [1.82, 2.24) is 15.0 Å². The first-order chi connectivity index (χ1) is 9.22. The summed E-state index contributed by atoms with van der Waals surface area (Å²) in [6, 6.07) is 0.399. The first kappa shape index (κ1) is 13.5. The van der Waals surface area contributed by atoms with E-state index in [9.17, 15) is 0 Å². The van der Waals surface area contributed by atoms with Gasteiger partial charge in [0.25, 0.3) is 0 Å². The molecule has 1 heterocycles. The van der Waals surface area contributed by atoms with Crippen molar-refractivity contribution >= 4 is 5.95 Å². The second-order valence-corrected chi connectivity index (χ2v) is 4.56. The lowest BCUT2D eigenvalue weighted by Gasteiger charge is -2.24. The van der Waals surface area contributed by atoms with Crippen LogP contribution < -0.4 is 20.7 Å². The summed E-state index contributed by atoms with van der Waals surface area (Å²) in [7, 11) is 1.48. The van der Waals surface area contributed by atoms with Crippen LogP contribution in [0.25, 0.3) is 0 Å². The Morgan fingerprint density at radius 3 is 2.68 bits per heavy atom. The molecule has 0 bridgehead atoms. The summed E-state index contributed by atoms with van der Waals surface area (Å²) < 4.78 is 10.6. The van der Waals surface area contributed by atoms with Crippen molar-refractivity contribution in [3.05, 3.63) is 12.2 Å². The van der Waals surface area contributed by atoms with Gasteiger partial charge in [-0.05, 0) is 24.7 Å². The first-order valence-corrected chi connectivity index (χ1v) is 6.27. The molecule has 0 saturated carbocycles. The molecule has 0 radical (unpaired) electrons. The maximum Gasteiger partial charge on any atom is 0.324 e. The van der Waals surface area contributed by atoms with Gasteiger partial charge in [-0.15, -0.1) is 4.98 Å². The van der Waals surface area contributed by atoms with Crippen LogP contribution in [-0.2, 0) is 0 Å². The zero-order chi connectivity index (χ0) is 13.7. The van der Waals surface area contributed by atoms with Crippen LogP contribution in [0.2, 0.25) is 0 Å². The van der Waals surface area contributed by atoms with Crippen molar-refractivity contribution in [3.63, 3.8) is 0 Å². The highest BCUT2D eigenvalue weighted by Crippen LogP contribution is 2.25. The van der Waals surface area contributed by atoms with Gasteiger partial charge in [0.2, 0.25) is 5.95 Å². The quantitative estimate of drug-likeness (QED) is 0.468. The molecular weight excluding hydrogens is 246 g/mol. The van der Waals surface area contributed by atoms with Gasteiger partial charge in [-0.25, -0.2) is 5.84 Å². The van der Waals surface area contributed by atoms with Gasteiger partial charge in [-0.1, -0.05) is 19.1 Å². The van der Waals surface area contributed by atoms with Crippen molar-refractivity contribution in [2.75, 3.05) is 19.1 Å². The summed E-state index contributed by atoms with van der Waals surface area (Å²) in [5.41, 5.74) is 2.36. The number of hydrogen-bond donors (Lipinski definition) is 2. The normalized spacial score (nSPS) is 22.1. The summed E-state index contributed by atoms with van der Waals surface area (Å²) in [4.78, 5) is 12.0. The molecule has 2 unspecified atom stereocenters. The maximum absolute atomic E-state index is 5.63. The van der Waals surface area contributed by atoms with Crippen LogP contribution in [-0.4, -0.2) is 28.7 Å². The highest BCUT2D eigenvalue weighted by molar-refractivity contribution is 5.25. The van der Waals surface area contributed by atoms with Crippen molar-refractivity contribution < 1.29 is 9.47 Å². The molecule has 1 aromatic heterocycles. The minimum atomic E-state index is 0.175. The number of nitrogen functional groups attached to an aromatic ring is 1. The number of hydrazine groups is 1. The van der Waals surface area contributed by atoms with Gasteiger partial charge >= 0.3 is 12.0 Å². The number of hydrogen-bond acceptors (Lipinski definition) is 7. The molecular formula is C12H19N5O2. The van der Waals surface area contributed by atoms with Crippen molar-refractivity contribution in [2.45, 2.75) is 19.8 Å². The highest BCUT2D eigenvalue weighted by Gasteiger charge is 2.19. The number of aromatic nitrogens is 3. The Labute approximate surface area is 112 Å². The van der Waals surface area contributed by atoms with Gasteiger partial charge in [0, 0.05) is 0 Å². The molecule has 0 amide bonds. The van der Waals surface area contributed by atoms with E-state index in [2.05, 4.69) is 39.5 Å². The molecule has 7 nitrogen and oxygen atoms in total. The lowest BCUT2D eigenvalue weighted by atomic mass is 9.85.